The van der Waals surface area contributed by atoms with E-state index in [9.17, 15) is 19.2 Å². The van der Waals surface area contributed by atoms with Gasteiger partial charge in [-0.1, -0.05) is 48.5 Å². The number of alkyl carbamates (subject to hydrolysis) is 1. The van der Waals surface area contributed by atoms with Crippen molar-refractivity contribution in [2.24, 2.45) is 0 Å². The monoisotopic (exact) mass is 656 g/mol. The number of benzene rings is 3. The highest BCUT2D eigenvalue weighted by atomic mass is 16.6. The number of carbonyl (C=O) groups excluding carboxylic acids is 4. The Kier molecular flexibility index (Phi) is 9.76. The first kappa shape index (κ1) is 34.0. The van der Waals surface area contributed by atoms with Gasteiger partial charge in [-0.05, 0) is 45.4 Å². The van der Waals surface area contributed by atoms with Gasteiger partial charge >= 0.3 is 6.09 Å². The average Bonchev–Trinajstić information content (AvgIpc) is 3.57. The van der Waals surface area contributed by atoms with Gasteiger partial charge in [0.05, 0.1) is 45.0 Å². The molecule has 3 aromatic rings. The van der Waals surface area contributed by atoms with Crippen LogP contribution in [-0.4, -0.2) is 72.7 Å². The largest absolute Gasteiger partial charge is 0.496 e. The fourth-order valence-corrected chi connectivity index (χ4v) is 5.98. The molecule has 2 aliphatic heterocycles. The standard InChI is InChI=1S/C36H40N4O8/c1-21(37-35(44)48-36(2,3)4)32(41)25-20-39-34(43)29(38-33(42)23-16-12-9-13-17-23)30(22-14-10-8-11-15-22)40(39)31(25)28-26(46-6)18-24(45-5)19-27(28)47-7/h8-21,29-31H,1-7H3,(H,37,44)(H,38,42)/t21-,29+,30+,31-/m0/s1. The highest BCUT2D eigenvalue weighted by Gasteiger charge is 2.56. The van der Waals surface area contributed by atoms with Crippen LogP contribution in [0.4, 0.5) is 4.79 Å². The molecule has 0 bridgehead atoms. The molecule has 252 valence electrons. The minimum Gasteiger partial charge on any atom is -0.496 e. The summed E-state index contributed by atoms with van der Waals surface area (Å²) < 4.78 is 22.5. The molecule has 5 rings (SSSR count). The van der Waals surface area contributed by atoms with E-state index in [1.165, 1.54) is 32.5 Å². The highest BCUT2D eigenvalue weighted by molar-refractivity contribution is 6.04. The van der Waals surface area contributed by atoms with Gasteiger partial charge in [0, 0.05) is 29.5 Å². The number of rotatable bonds is 10. The van der Waals surface area contributed by atoms with Gasteiger partial charge in [-0.15, -0.1) is 0 Å². The molecule has 1 saturated heterocycles. The van der Waals surface area contributed by atoms with Crippen LogP contribution in [0.2, 0.25) is 0 Å². The van der Waals surface area contributed by atoms with Crippen LogP contribution in [0.3, 0.4) is 0 Å². The van der Waals surface area contributed by atoms with Crippen LogP contribution in [0.5, 0.6) is 17.2 Å². The second-order valence-electron chi connectivity index (χ2n) is 12.4. The van der Waals surface area contributed by atoms with E-state index in [2.05, 4.69) is 10.6 Å². The molecule has 48 heavy (non-hydrogen) atoms. The molecular formula is C36H40N4O8. The minimum absolute atomic E-state index is 0.183. The fraction of sp³-hybridized carbons (Fsp3) is 0.333. The maximum Gasteiger partial charge on any atom is 0.408 e. The number of Topliss-reactive ketones (excluding diaryl/α,β-unsaturated/α-hetero) is 1. The fourth-order valence-electron chi connectivity index (χ4n) is 5.98. The predicted octanol–water partition coefficient (Wildman–Crippen LogP) is 4.73. The third-order valence-electron chi connectivity index (χ3n) is 8.06. The van der Waals surface area contributed by atoms with Crippen LogP contribution in [0.1, 0.15) is 61.3 Å². The van der Waals surface area contributed by atoms with Crippen molar-refractivity contribution in [3.63, 3.8) is 0 Å². The van der Waals surface area contributed by atoms with Crippen molar-refractivity contribution in [2.45, 2.75) is 57.5 Å². The van der Waals surface area contributed by atoms with Gasteiger partial charge in [-0.2, -0.15) is 5.01 Å². The Morgan fingerprint density at radius 3 is 1.98 bits per heavy atom. The number of amides is 3. The highest BCUT2D eigenvalue weighted by Crippen LogP contribution is 2.53. The van der Waals surface area contributed by atoms with Crippen molar-refractivity contribution in [1.82, 2.24) is 20.7 Å². The van der Waals surface area contributed by atoms with E-state index in [-0.39, 0.29) is 5.57 Å². The van der Waals surface area contributed by atoms with Gasteiger partial charge in [0.1, 0.15) is 28.9 Å². The Balaban J connectivity index is 1.66. The molecular weight excluding hydrogens is 616 g/mol. The summed E-state index contributed by atoms with van der Waals surface area (Å²) in [4.78, 5) is 54.8. The van der Waals surface area contributed by atoms with E-state index in [4.69, 9.17) is 18.9 Å². The summed E-state index contributed by atoms with van der Waals surface area (Å²) in [7, 11) is 4.47. The van der Waals surface area contributed by atoms with Crippen molar-refractivity contribution >= 4 is 23.7 Å². The number of carbonyl (C=O) groups is 4. The summed E-state index contributed by atoms with van der Waals surface area (Å²) in [5.74, 6) is -0.237. The molecule has 1 fully saturated rings. The Bertz CT molecular complexity index is 1700. The second kappa shape index (κ2) is 13.8. The van der Waals surface area contributed by atoms with Gasteiger partial charge in [0.25, 0.3) is 11.8 Å². The molecule has 0 unspecified atom stereocenters. The van der Waals surface area contributed by atoms with Gasteiger partial charge in [0.2, 0.25) is 0 Å². The van der Waals surface area contributed by atoms with Crippen LogP contribution in [-0.2, 0) is 14.3 Å². The first-order valence-electron chi connectivity index (χ1n) is 15.5. The molecule has 4 atom stereocenters. The zero-order chi connectivity index (χ0) is 34.7. The number of hydrogen-bond acceptors (Lipinski definition) is 9. The van der Waals surface area contributed by atoms with Gasteiger partial charge in [0.15, 0.2) is 5.78 Å². The van der Waals surface area contributed by atoms with E-state index in [1.54, 1.807) is 75.2 Å². The molecule has 0 radical (unpaired) electrons. The predicted molar refractivity (Wildman–Crippen MR) is 176 cm³/mol. The number of nitrogens with one attached hydrogen (secondary N) is 2. The van der Waals surface area contributed by atoms with Crippen molar-refractivity contribution in [2.75, 3.05) is 21.3 Å². The summed E-state index contributed by atoms with van der Waals surface area (Å²) >= 11 is 0. The molecule has 0 aliphatic carbocycles. The Hall–Kier alpha value is -5.36. The number of ether oxygens (including phenoxy) is 4. The number of fused-ring (bicyclic) bond motifs is 1. The Morgan fingerprint density at radius 2 is 1.44 bits per heavy atom. The van der Waals surface area contributed by atoms with Crippen molar-refractivity contribution < 1.29 is 38.1 Å². The maximum atomic E-state index is 14.3. The van der Waals surface area contributed by atoms with E-state index in [0.29, 0.717) is 33.9 Å². The first-order valence-corrected chi connectivity index (χ1v) is 15.5. The Labute approximate surface area is 279 Å². The zero-order valence-corrected chi connectivity index (χ0v) is 28.0. The van der Waals surface area contributed by atoms with E-state index in [0.717, 1.165) is 0 Å². The molecule has 3 amide bonds. The zero-order valence-electron chi connectivity index (χ0n) is 28.0. The summed E-state index contributed by atoms with van der Waals surface area (Å²) in [6.07, 6.45) is 0.692. The average molecular weight is 657 g/mol. The quantitative estimate of drug-likeness (QED) is 0.318. The summed E-state index contributed by atoms with van der Waals surface area (Å²) in [6.45, 7) is 6.72. The van der Waals surface area contributed by atoms with Crippen LogP contribution >= 0.6 is 0 Å². The van der Waals surface area contributed by atoms with E-state index < -0.39 is 53.5 Å². The lowest BCUT2D eigenvalue weighted by Gasteiger charge is -2.34. The molecule has 12 nitrogen and oxygen atoms in total. The number of ketones is 1. The Morgan fingerprint density at radius 1 is 0.854 bits per heavy atom. The lowest BCUT2D eigenvalue weighted by Crippen LogP contribution is -2.45. The number of hydrogen-bond donors (Lipinski definition) is 2. The number of hydrazine groups is 1. The van der Waals surface area contributed by atoms with Crippen LogP contribution in [0.25, 0.3) is 0 Å². The molecule has 12 heteroatoms. The molecule has 0 spiro atoms. The van der Waals surface area contributed by atoms with Crippen LogP contribution in [0.15, 0.2) is 84.6 Å². The third-order valence-corrected chi connectivity index (χ3v) is 8.06. The molecule has 2 heterocycles. The molecule has 0 saturated carbocycles. The maximum absolute atomic E-state index is 14.3. The van der Waals surface area contributed by atoms with E-state index >= 15 is 0 Å². The van der Waals surface area contributed by atoms with Crippen LogP contribution < -0.4 is 24.8 Å². The molecule has 2 N–H and O–H groups in total. The van der Waals surface area contributed by atoms with E-state index in [1.807, 2.05) is 30.3 Å². The lowest BCUT2D eigenvalue weighted by molar-refractivity contribution is -0.134. The van der Waals surface area contributed by atoms with Crippen molar-refractivity contribution in [1.29, 1.82) is 0 Å². The van der Waals surface area contributed by atoms with Gasteiger partial charge < -0.3 is 29.6 Å². The van der Waals surface area contributed by atoms with Crippen molar-refractivity contribution in [3.8, 4) is 17.2 Å². The number of nitrogens with zero attached hydrogens (tertiary/aromatic N) is 2. The normalized spacial score (nSPS) is 19.6. The summed E-state index contributed by atoms with van der Waals surface area (Å²) in [6, 6.07) is 17.4. The lowest BCUT2D eigenvalue weighted by atomic mass is 9.89. The van der Waals surface area contributed by atoms with Crippen LogP contribution in [0, 0.1) is 0 Å². The number of methoxy groups -OCH3 is 3. The van der Waals surface area contributed by atoms with Crippen molar-refractivity contribution in [3.05, 3.63) is 101 Å². The first-order chi connectivity index (χ1) is 22.9. The second-order valence-corrected chi connectivity index (χ2v) is 12.4. The smallest absolute Gasteiger partial charge is 0.408 e. The van der Waals surface area contributed by atoms with Gasteiger partial charge in [-0.25, -0.2) is 9.80 Å². The molecule has 0 aromatic heterocycles. The summed E-state index contributed by atoms with van der Waals surface area (Å²) in [5, 5.41) is 8.66. The topological polar surface area (TPSA) is 136 Å². The molecule has 3 aromatic carbocycles. The van der Waals surface area contributed by atoms with Gasteiger partial charge in [-0.3, -0.25) is 14.4 Å². The minimum atomic E-state index is -1.04. The molecule has 2 aliphatic rings. The SMILES string of the molecule is COc1cc(OC)c([C@@H]2C(C(=O)[C@H](C)NC(=O)OC(C)(C)C)=CN3C(=O)[C@H](NC(=O)c4ccccc4)[C@@H](c4ccccc4)N23)c(OC)c1. The third kappa shape index (κ3) is 6.70. The summed E-state index contributed by atoms with van der Waals surface area (Å²) in [5.41, 5.74) is 0.945.